The summed E-state index contributed by atoms with van der Waals surface area (Å²) in [6.07, 6.45) is 0. The number of rotatable bonds is 7. The molecule has 3 aromatic rings. The van der Waals surface area contributed by atoms with Crippen molar-refractivity contribution in [1.82, 2.24) is 15.1 Å². The molecule has 2 amide bonds. The zero-order valence-corrected chi connectivity index (χ0v) is 17.4. The van der Waals surface area contributed by atoms with E-state index in [4.69, 9.17) is 4.74 Å². The maximum absolute atomic E-state index is 12.6. The Balaban J connectivity index is 1.37. The van der Waals surface area contributed by atoms with Crippen LogP contribution >= 0.6 is 0 Å². The molecule has 9 heteroatoms. The topological polar surface area (TPSA) is 106 Å². The van der Waals surface area contributed by atoms with Crippen LogP contribution in [0, 0.1) is 0 Å². The first-order valence-corrected chi connectivity index (χ1v) is 10.3. The standard InChI is InChI=1S/C23H23N5O4/c29-21-16-27(13-12-24-21)18-8-6-17(7-9-18)25-23(31)20-10-11-22(30)28(26-20)14-15-32-19-4-2-1-3-5-19/h1-11H,12-16H2,(H,24,29)(H,25,31). The van der Waals surface area contributed by atoms with Crippen molar-refractivity contribution in [2.24, 2.45) is 0 Å². The summed E-state index contributed by atoms with van der Waals surface area (Å²) in [6.45, 7) is 2.11. The second-order valence-electron chi connectivity index (χ2n) is 7.21. The van der Waals surface area contributed by atoms with Gasteiger partial charge in [0, 0.05) is 30.5 Å². The van der Waals surface area contributed by atoms with Gasteiger partial charge < -0.3 is 20.3 Å². The van der Waals surface area contributed by atoms with Crippen molar-refractivity contribution in [1.29, 1.82) is 0 Å². The summed E-state index contributed by atoms with van der Waals surface area (Å²) >= 11 is 0. The van der Waals surface area contributed by atoms with Crippen LogP contribution in [0.5, 0.6) is 5.75 Å². The minimum atomic E-state index is -0.423. The van der Waals surface area contributed by atoms with Crippen molar-refractivity contribution in [3.63, 3.8) is 0 Å². The zero-order valence-electron chi connectivity index (χ0n) is 17.4. The molecule has 1 aliphatic heterocycles. The molecule has 0 unspecified atom stereocenters. The molecule has 1 saturated heterocycles. The molecule has 1 aliphatic rings. The predicted molar refractivity (Wildman–Crippen MR) is 120 cm³/mol. The number of nitrogens with zero attached hydrogens (tertiary/aromatic N) is 3. The van der Waals surface area contributed by atoms with Gasteiger partial charge in [-0.3, -0.25) is 14.4 Å². The van der Waals surface area contributed by atoms with E-state index >= 15 is 0 Å². The minimum absolute atomic E-state index is 0.0102. The largest absolute Gasteiger partial charge is 0.492 e. The van der Waals surface area contributed by atoms with E-state index in [-0.39, 0.29) is 30.3 Å². The smallest absolute Gasteiger partial charge is 0.276 e. The number of anilines is 2. The molecule has 1 aromatic heterocycles. The number of carbonyl (C=O) groups excluding carboxylic acids is 2. The second kappa shape index (κ2) is 9.78. The van der Waals surface area contributed by atoms with Crippen LogP contribution in [0.15, 0.2) is 71.5 Å². The van der Waals surface area contributed by atoms with Gasteiger partial charge in [-0.2, -0.15) is 5.10 Å². The van der Waals surface area contributed by atoms with Gasteiger partial charge >= 0.3 is 0 Å². The number of carbonyl (C=O) groups is 2. The van der Waals surface area contributed by atoms with E-state index in [1.807, 2.05) is 47.4 Å². The van der Waals surface area contributed by atoms with E-state index in [2.05, 4.69) is 15.7 Å². The minimum Gasteiger partial charge on any atom is -0.492 e. The lowest BCUT2D eigenvalue weighted by molar-refractivity contribution is -0.120. The summed E-state index contributed by atoms with van der Waals surface area (Å²) in [7, 11) is 0. The summed E-state index contributed by atoms with van der Waals surface area (Å²) in [5.41, 5.74) is 1.31. The van der Waals surface area contributed by atoms with Gasteiger partial charge in [-0.05, 0) is 42.5 Å². The molecule has 4 rings (SSSR count). The molecule has 0 radical (unpaired) electrons. The summed E-state index contributed by atoms with van der Waals surface area (Å²) in [5, 5.41) is 9.73. The quantitative estimate of drug-likeness (QED) is 0.585. The van der Waals surface area contributed by atoms with Gasteiger partial charge in [-0.1, -0.05) is 18.2 Å². The van der Waals surface area contributed by atoms with E-state index in [0.717, 1.165) is 12.2 Å². The highest BCUT2D eigenvalue weighted by Gasteiger charge is 2.16. The van der Waals surface area contributed by atoms with Crippen LogP contribution in [0.25, 0.3) is 0 Å². The lowest BCUT2D eigenvalue weighted by atomic mass is 10.2. The maximum Gasteiger partial charge on any atom is 0.276 e. The van der Waals surface area contributed by atoms with E-state index < -0.39 is 5.91 Å². The van der Waals surface area contributed by atoms with Crippen molar-refractivity contribution in [3.8, 4) is 5.75 Å². The van der Waals surface area contributed by atoms with Crippen molar-refractivity contribution in [3.05, 3.63) is 82.8 Å². The van der Waals surface area contributed by atoms with Crippen LogP contribution in [0.1, 0.15) is 10.5 Å². The zero-order chi connectivity index (χ0) is 22.3. The number of hydrogen-bond donors (Lipinski definition) is 2. The summed E-state index contributed by atoms with van der Waals surface area (Å²) < 4.78 is 6.81. The Hall–Kier alpha value is -4.14. The average molecular weight is 433 g/mol. The summed E-state index contributed by atoms with van der Waals surface area (Å²) in [4.78, 5) is 38.2. The van der Waals surface area contributed by atoms with Gasteiger partial charge in [-0.25, -0.2) is 4.68 Å². The van der Waals surface area contributed by atoms with Crippen molar-refractivity contribution in [2.45, 2.75) is 6.54 Å². The number of ether oxygens (including phenoxy) is 1. The number of amides is 2. The molecule has 164 valence electrons. The van der Waals surface area contributed by atoms with Crippen LogP contribution in [-0.2, 0) is 11.3 Å². The Morgan fingerprint density at radius 1 is 1.03 bits per heavy atom. The van der Waals surface area contributed by atoms with Crippen molar-refractivity contribution in [2.75, 3.05) is 36.5 Å². The Kier molecular flexibility index (Phi) is 6.45. The fraction of sp³-hybridized carbons (Fsp3) is 0.217. The first-order valence-electron chi connectivity index (χ1n) is 10.3. The molecule has 9 nitrogen and oxygen atoms in total. The third kappa shape index (κ3) is 5.31. The van der Waals surface area contributed by atoms with Crippen LogP contribution in [0.3, 0.4) is 0 Å². The summed E-state index contributed by atoms with van der Waals surface area (Å²) in [6, 6.07) is 19.2. The predicted octanol–water partition coefficient (Wildman–Crippen LogP) is 1.51. The molecule has 2 heterocycles. The average Bonchev–Trinajstić information content (AvgIpc) is 2.81. The molecule has 2 N–H and O–H groups in total. The fourth-order valence-corrected chi connectivity index (χ4v) is 3.31. The van der Waals surface area contributed by atoms with Gasteiger partial charge in [0.15, 0.2) is 0 Å². The Bertz CT molecular complexity index is 1150. The summed E-state index contributed by atoms with van der Waals surface area (Å²) in [5.74, 6) is 0.264. The number of nitrogens with one attached hydrogen (secondary N) is 2. The van der Waals surface area contributed by atoms with E-state index in [9.17, 15) is 14.4 Å². The van der Waals surface area contributed by atoms with Crippen LogP contribution in [-0.4, -0.2) is 47.8 Å². The lowest BCUT2D eigenvalue weighted by Gasteiger charge is -2.28. The Morgan fingerprint density at radius 3 is 2.56 bits per heavy atom. The molecule has 2 aromatic carbocycles. The SMILES string of the molecule is O=C1CN(c2ccc(NC(=O)c3ccc(=O)n(CCOc4ccccc4)n3)cc2)CCN1. The molecule has 0 spiro atoms. The first kappa shape index (κ1) is 21.1. The van der Waals surface area contributed by atoms with Gasteiger partial charge in [-0.15, -0.1) is 0 Å². The molecule has 0 bridgehead atoms. The number of benzene rings is 2. The van der Waals surface area contributed by atoms with Gasteiger partial charge in [0.05, 0.1) is 13.1 Å². The van der Waals surface area contributed by atoms with Gasteiger partial charge in [0.2, 0.25) is 5.91 Å². The molecular formula is C23H23N5O4. The highest BCUT2D eigenvalue weighted by molar-refractivity contribution is 6.02. The van der Waals surface area contributed by atoms with Crippen LogP contribution in [0.4, 0.5) is 11.4 Å². The number of para-hydroxylation sites is 1. The first-order chi connectivity index (χ1) is 15.6. The number of aromatic nitrogens is 2. The molecular weight excluding hydrogens is 410 g/mol. The van der Waals surface area contributed by atoms with E-state index in [0.29, 0.717) is 24.5 Å². The molecule has 0 saturated carbocycles. The maximum atomic E-state index is 12.6. The van der Waals surface area contributed by atoms with E-state index in [1.165, 1.54) is 16.8 Å². The Morgan fingerprint density at radius 2 is 1.81 bits per heavy atom. The highest BCUT2D eigenvalue weighted by Crippen LogP contribution is 2.19. The third-order valence-corrected chi connectivity index (χ3v) is 4.94. The van der Waals surface area contributed by atoms with Crippen molar-refractivity contribution < 1.29 is 14.3 Å². The Labute approximate surface area is 184 Å². The van der Waals surface area contributed by atoms with Crippen LogP contribution < -0.4 is 25.8 Å². The van der Waals surface area contributed by atoms with Gasteiger partial charge in [0.25, 0.3) is 11.5 Å². The molecule has 1 fully saturated rings. The molecule has 32 heavy (non-hydrogen) atoms. The fourth-order valence-electron chi connectivity index (χ4n) is 3.31. The van der Waals surface area contributed by atoms with E-state index in [1.54, 1.807) is 12.1 Å². The van der Waals surface area contributed by atoms with Gasteiger partial charge in [0.1, 0.15) is 18.1 Å². The number of piperazine rings is 1. The normalized spacial score (nSPS) is 13.4. The third-order valence-electron chi connectivity index (χ3n) is 4.94. The highest BCUT2D eigenvalue weighted by atomic mass is 16.5. The molecule has 0 atom stereocenters. The van der Waals surface area contributed by atoms with Crippen molar-refractivity contribution >= 4 is 23.2 Å². The number of hydrogen-bond acceptors (Lipinski definition) is 6. The lowest BCUT2D eigenvalue weighted by Crippen LogP contribution is -2.47. The molecule has 0 aliphatic carbocycles. The van der Waals surface area contributed by atoms with Crippen LogP contribution in [0.2, 0.25) is 0 Å². The second-order valence-corrected chi connectivity index (χ2v) is 7.21. The monoisotopic (exact) mass is 433 g/mol.